The van der Waals surface area contributed by atoms with E-state index < -0.39 is 10.0 Å². The van der Waals surface area contributed by atoms with Crippen molar-refractivity contribution in [2.75, 3.05) is 56.5 Å². The Labute approximate surface area is 145 Å². The van der Waals surface area contributed by atoms with Gasteiger partial charge in [0.15, 0.2) is 5.96 Å². The summed E-state index contributed by atoms with van der Waals surface area (Å²) in [4.78, 5) is 6.84. The molecule has 0 aliphatic carbocycles. The molecule has 6 nitrogen and oxygen atoms in total. The van der Waals surface area contributed by atoms with Crippen LogP contribution in [0.15, 0.2) is 4.99 Å². The number of hydrogen-bond acceptors (Lipinski definition) is 4. The van der Waals surface area contributed by atoms with Crippen molar-refractivity contribution in [2.45, 2.75) is 26.7 Å². The van der Waals surface area contributed by atoms with Gasteiger partial charge in [-0.25, -0.2) is 12.7 Å². The summed E-state index contributed by atoms with van der Waals surface area (Å²) < 4.78 is 26.4. The monoisotopic (exact) mass is 362 g/mol. The van der Waals surface area contributed by atoms with Crippen molar-refractivity contribution in [1.29, 1.82) is 0 Å². The van der Waals surface area contributed by atoms with Gasteiger partial charge >= 0.3 is 0 Å². The van der Waals surface area contributed by atoms with Crippen LogP contribution in [0.5, 0.6) is 0 Å². The number of nitrogens with zero attached hydrogens (tertiary/aromatic N) is 3. The van der Waals surface area contributed by atoms with E-state index in [0.717, 1.165) is 37.1 Å². The molecule has 2 aliphatic heterocycles. The lowest BCUT2D eigenvalue weighted by atomic mass is 10.0. The SMILES string of the molecule is CCNC(=NCCS(=O)(=O)N1CCSCC1)N1CCCC(C)C1. The third-order valence-corrected chi connectivity index (χ3v) is 7.06. The summed E-state index contributed by atoms with van der Waals surface area (Å²) in [6.07, 6.45) is 2.44. The normalized spacial score (nSPS) is 24.7. The maximum Gasteiger partial charge on any atom is 0.215 e. The van der Waals surface area contributed by atoms with Crippen molar-refractivity contribution in [3.05, 3.63) is 0 Å². The molecule has 1 unspecified atom stereocenters. The standard InChI is InChI=1S/C15H30N4O2S2/c1-3-16-15(18-7-4-5-14(2)13-18)17-6-12-23(20,21)19-8-10-22-11-9-19/h14H,3-13H2,1-2H3,(H,16,17). The molecule has 1 N–H and O–H groups in total. The Hall–Kier alpha value is -0.470. The van der Waals surface area contributed by atoms with E-state index in [9.17, 15) is 8.42 Å². The molecule has 0 spiro atoms. The van der Waals surface area contributed by atoms with Gasteiger partial charge in [-0.1, -0.05) is 6.92 Å². The van der Waals surface area contributed by atoms with Crippen LogP contribution in [0.1, 0.15) is 26.7 Å². The second-order valence-corrected chi connectivity index (χ2v) is 9.57. The van der Waals surface area contributed by atoms with Gasteiger partial charge in [0.25, 0.3) is 0 Å². The van der Waals surface area contributed by atoms with Crippen molar-refractivity contribution in [2.24, 2.45) is 10.9 Å². The van der Waals surface area contributed by atoms with E-state index in [1.165, 1.54) is 12.8 Å². The molecule has 134 valence electrons. The van der Waals surface area contributed by atoms with E-state index in [-0.39, 0.29) is 5.75 Å². The van der Waals surface area contributed by atoms with Gasteiger partial charge in [-0.2, -0.15) is 11.8 Å². The number of hydrogen-bond donors (Lipinski definition) is 1. The summed E-state index contributed by atoms with van der Waals surface area (Å²) in [6, 6.07) is 0. The third-order valence-electron chi connectivity index (χ3n) is 4.27. The van der Waals surface area contributed by atoms with Crippen molar-refractivity contribution >= 4 is 27.7 Å². The Morgan fingerprint density at radius 1 is 1.30 bits per heavy atom. The number of likely N-dealkylation sites (tertiary alicyclic amines) is 1. The fourth-order valence-electron chi connectivity index (χ4n) is 3.03. The first-order valence-corrected chi connectivity index (χ1v) is 11.4. The van der Waals surface area contributed by atoms with E-state index in [4.69, 9.17) is 0 Å². The topological polar surface area (TPSA) is 65.0 Å². The van der Waals surface area contributed by atoms with Gasteiger partial charge in [0.2, 0.25) is 10.0 Å². The van der Waals surface area contributed by atoms with Crippen LogP contribution in [0.4, 0.5) is 0 Å². The molecule has 0 amide bonds. The van der Waals surface area contributed by atoms with E-state index in [0.29, 0.717) is 25.6 Å². The second-order valence-electron chi connectivity index (χ2n) is 6.26. The Morgan fingerprint density at radius 3 is 2.70 bits per heavy atom. The first kappa shape index (κ1) is 18.9. The molecule has 0 bridgehead atoms. The molecule has 0 aromatic rings. The highest BCUT2D eigenvalue weighted by molar-refractivity contribution is 7.99. The molecular weight excluding hydrogens is 332 g/mol. The second kappa shape index (κ2) is 9.13. The average Bonchev–Trinajstić information content (AvgIpc) is 2.55. The number of nitrogens with one attached hydrogen (secondary N) is 1. The highest BCUT2D eigenvalue weighted by Gasteiger charge is 2.24. The molecule has 8 heteroatoms. The zero-order valence-electron chi connectivity index (χ0n) is 14.3. The summed E-state index contributed by atoms with van der Waals surface area (Å²) >= 11 is 1.82. The molecule has 2 saturated heterocycles. The molecule has 2 rings (SSSR count). The lowest BCUT2D eigenvalue weighted by molar-refractivity contribution is 0.266. The fraction of sp³-hybridized carbons (Fsp3) is 0.933. The number of sulfonamides is 1. The van der Waals surface area contributed by atoms with Crippen molar-refractivity contribution in [1.82, 2.24) is 14.5 Å². The lowest BCUT2D eigenvalue weighted by Crippen LogP contribution is -2.46. The first-order valence-electron chi connectivity index (χ1n) is 8.61. The van der Waals surface area contributed by atoms with Crippen molar-refractivity contribution in [3.8, 4) is 0 Å². The number of guanidine groups is 1. The molecule has 2 aliphatic rings. The Kier molecular flexibility index (Phi) is 7.49. The van der Waals surface area contributed by atoms with Gasteiger partial charge in [0, 0.05) is 44.2 Å². The van der Waals surface area contributed by atoms with Crippen LogP contribution in [0.2, 0.25) is 0 Å². The fourth-order valence-corrected chi connectivity index (χ4v) is 5.48. The smallest absolute Gasteiger partial charge is 0.215 e. The molecule has 2 heterocycles. The highest BCUT2D eigenvalue weighted by Crippen LogP contribution is 2.16. The summed E-state index contributed by atoms with van der Waals surface area (Å²) in [5, 5.41) is 3.30. The van der Waals surface area contributed by atoms with Gasteiger partial charge in [-0.15, -0.1) is 0 Å². The molecule has 0 saturated carbocycles. The van der Waals surface area contributed by atoms with Crippen LogP contribution in [-0.2, 0) is 10.0 Å². The van der Waals surface area contributed by atoms with Crippen LogP contribution in [0.25, 0.3) is 0 Å². The van der Waals surface area contributed by atoms with Crippen LogP contribution in [0, 0.1) is 5.92 Å². The zero-order chi connectivity index (χ0) is 16.7. The number of rotatable bonds is 5. The third kappa shape index (κ3) is 5.83. The number of thioether (sulfide) groups is 1. The predicted octanol–water partition coefficient (Wildman–Crippen LogP) is 1.06. The van der Waals surface area contributed by atoms with Gasteiger partial charge in [-0.3, -0.25) is 4.99 Å². The van der Waals surface area contributed by atoms with Gasteiger partial charge in [0.1, 0.15) is 0 Å². The minimum atomic E-state index is -3.17. The Bertz CT molecular complexity index is 490. The molecule has 1 atom stereocenters. The van der Waals surface area contributed by atoms with Crippen molar-refractivity contribution < 1.29 is 8.42 Å². The molecule has 0 aromatic heterocycles. The maximum atomic E-state index is 12.4. The van der Waals surface area contributed by atoms with Gasteiger partial charge in [-0.05, 0) is 25.7 Å². The molecule has 0 radical (unpaired) electrons. The van der Waals surface area contributed by atoms with Crippen LogP contribution >= 0.6 is 11.8 Å². The van der Waals surface area contributed by atoms with Crippen molar-refractivity contribution in [3.63, 3.8) is 0 Å². The van der Waals surface area contributed by atoms with E-state index in [2.05, 4.69) is 22.1 Å². The van der Waals surface area contributed by atoms with Crippen LogP contribution in [-0.4, -0.2) is 80.1 Å². The largest absolute Gasteiger partial charge is 0.357 e. The van der Waals surface area contributed by atoms with Gasteiger partial charge < -0.3 is 10.2 Å². The van der Waals surface area contributed by atoms with Crippen LogP contribution < -0.4 is 5.32 Å². The Balaban J connectivity index is 1.91. The molecule has 2 fully saturated rings. The van der Waals surface area contributed by atoms with E-state index in [1.807, 2.05) is 18.7 Å². The van der Waals surface area contributed by atoms with E-state index in [1.54, 1.807) is 4.31 Å². The summed E-state index contributed by atoms with van der Waals surface area (Å²) in [6.45, 7) is 8.73. The first-order chi connectivity index (χ1) is 11.0. The van der Waals surface area contributed by atoms with Crippen LogP contribution in [0.3, 0.4) is 0 Å². The Morgan fingerprint density at radius 2 is 2.04 bits per heavy atom. The minimum absolute atomic E-state index is 0.107. The predicted molar refractivity (Wildman–Crippen MR) is 98.6 cm³/mol. The molecule has 23 heavy (non-hydrogen) atoms. The van der Waals surface area contributed by atoms with E-state index >= 15 is 0 Å². The summed E-state index contributed by atoms with van der Waals surface area (Å²) in [7, 11) is -3.17. The summed E-state index contributed by atoms with van der Waals surface area (Å²) in [5.74, 6) is 3.44. The minimum Gasteiger partial charge on any atom is -0.357 e. The zero-order valence-corrected chi connectivity index (χ0v) is 16.0. The molecular formula is C15H30N4O2S2. The number of aliphatic imine (C=N–C) groups is 1. The maximum absolute atomic E-state index is 12.4. The summed E-state index contributed by atoms with van der Waals surface area (Å²) in [5.41, 5.74) is 0. The lowest BCUT2D eigenvalue weighted by Gasteiger charge is -2.33. The number of piperidine rings is 1. The highest BCUT2D eigenvalue weighted by atomic mass is 32.2. The molecule has 0 aromatic carbocycles. The quantitative estimate of drug-likeness (QED) is 0.585. The average molecular weight is 363 g/mol. The van der Waals surface area contributed by atoms with Gasteiger partial charge in [0.05, 0.1) is 12.3 Å².